The molecule has 1 aliphatic rings. The van der Waals surface area contributed by atoms with E-state index in [1.165, 1.54) is 5.56 Å². The van der Waals surface area contributed by atoms with Gasteiger partial charge in [-0.25, -0.2) is 0 Å². The van der Waals surface area contributed by atoms with Gasteiger partial charge in [0.05, 0.1) is 10.5 Å². The molecule has 0 aliphatic carbocycles. The van der Waals surface area contributed by atoms with Crippen molar-refractivity contribution in [1.82, 2.24) is 9.88 Å². The van der Waals surface area contributed by atoms with Crippen molar-refractivity contribution < 1.29 is 0 Å². The van der Waals surface area contributed by atoms with E-state index in [1.54, 1.807) is 6.07 Å². The van der Waals surface area contributed by atoms with Crippen molar-refractivity contribution in [1.29, 1.82) is 0 Å². The lowest BCUT2D eigenvalue weighted by Gasteiger charge is -2.28. The van der Waals surface area contributed by atoms with Crippen molar-refractivity contribution in [2.75, 3.05) is 13.6 Å². The van der Waals surface area contributed by atoms with Crippen LogP contribution in [0.4, 0.5) is 0 Å². The van der Waals surface area contributed by atoms with Crippen molar-refractivity contribution in [2.24, 2.45) is 5.73 Å². The number of nitrogens with zero attached hydrogens (tertiary/aromatic N) is 2. The summed E-state index contributed by atoms with van der Waals surface area (Å²) in [6.45, 7) is 3.88. The molecule has 1 aromatic carbocycles. The number of pyridine rings is 1. The molecule has 0 spiro atoms. The largest absolute Gasteiger partial charge is 0.324 e. The second-order valence-corrected chi connectivity index (χ2v) is 6.35. The Morgan fingerprint density at radius 3 is 2.80 bits per heavy atom. The average Bonchev–Trinajstić information content (AvgIpc) is 2.36. The normalized spacial score (nSPS) is 17.2. The quantitative estimate of drug-likeness (QED) is 0.876. The molecule has 3 nitrogen and oxygen atoms in total. The molecule has 0 bridgehead atoms. The maximum atomic E-state index is 6.40. The van der Waals surface area contributed by atoms with Gasteiger partial charge in [0.2, 0.25) is 0 Å². The van der Waals surface area contributed by atoms with Crippen LogP contribution in [0, 0.1) is 0 Å². The van der Waals surface area contributed by atoms with Crippen molar-refractivity contribution >= 4 is 34.1 Å². The van der Waals surface area contributed by atoms with Crippen molar-refractivity contribution in [3.63, 3.8) is 0 Å². The van der Waals surface area contributed by atoms with Crippen LogP contribution >= 0.6 is 23.2 Å². The fraction of sp³-hybridized carbons (Fsp3) is 0.400. The highest BCUT2D eigenvalue weighted by molar-refractivity contribution is 6.38. The van der Waals surface area contributed by atoms with Crippen molar-refractivity contribution in [3.05, 3.63) is 39.0 Å². The van der Waals surface area contributed by atoms with Crippen LogP contribution in [0.3, 0.4) is 0 Å². The summed E-state index contributed by atoms with van der Waals surface area (Å²) < 4.78 is 0. The second-order valence-electron chi connectivity index (χ2n) is 5.51. The first-order chi connectivity index (χ1) is 9.47. The summed E-state index contributed by atoms with van der Waals surface area (Å²) >= 11 is 12.5. The maximum Gasteiger partial charge on any atom is 0.0738 e. The van der Waals surface area contributed by atoms with E-state index in [1.807, 2.05) is 13.0 Å². The topological polar surface area (TPSA) is 42.1 Å². The molecule has 1 atom stereocenters. The zero-order valence-electron chi connectivity index (χ0n) is 11.6. The number of hydrogen-bond acceptors (Lipinski definition) is 3. The Kier molecular flexibility index (Phi) is 3.63. The summed E-state index contributed by atoms with van der Waals surface area (Å²) in [5.41, 5.74) is 10.5. The van der Waals surface area contributed by atoms with Gasteiger partial charge < -0.3 is 10.6 Å². The number of likely N-dealkylation sites (N-methyl/N-ethyl adjacent to an activating group) is 1. The summed E-state index contributed by atoms with van der Waals surface area (Å²) in [6.07, 6.45) is 0.936. The van der Waals surface area contributed by atoms with Gasteiger partial charge in [-0.3, -0.25) is 4.98 Å². The van der Waals surface area contributed by atoms with Crippen LogP contribution < -0.4 is 5.73 Å². The fourth-order valence-electron chi connectivity index (χ4n) is 2.97. The van der Waals surface area contributed by atoms with Crippen LogP contribution in [0.2, 0.25) is 10.0 Å². The molecule has 0 saturated heterocycles. The molecule has 1 aromatic heterocycles. The Morgan fingerprint density at radius 2 is 2.10 bits per heavy atom. The lowest BCUT2D eigenvalue weighted by molar-refractivity contribution is 0.308. The number of fused-ring (bicyclic) bond motifs is 2. The van der Waals surface area contributed by atoms with Gasteiger partial charge in [0, 0.05) is 41.7 Å². The number of benzene rings is 1. The van der Waals surface area contributed by atoms with Gasteiger partial charge >= 0.3 is 0 Å². The Balaban J connectivity index is 2.39. The zero-order chi connectivity index (χ0) is 14.4. The van der Waals surface area contributed by atoms with Crippen LogP contribution in [-0.4, -0.2) is 23.5 Å². The minimum absolute atomic E-state index is 0.0839. The van der Waals surface area contributed by atoms with Crippen molar-refractivity contribution in [2.45, 2.75) is 25.9 Å². The molecule has 2 N–H and O–H groups in total. The lowest BCUT2D eigenvalue weighted by atomic mass is 9.92. The van der Waals surface area contributed by atoms with E-state index in [4.69, 9.17) is 33.9 Å². The van der Waals surface area contributed by atoms with E-state index >= 15 is 0 Å². The number of hydrogen-bond donors (Lipinski definition) is 1. The third kappa shape index (κ3) is 2.29. The van der Waals surface area contributed by atoms with Gasteiger partial charge in [0.1, 0.15) is 0 Å². The Morgan fingerprint density at radius 1 is 1.35 bits per heavy atom. The third-order valence-electron chi connectivity index (χ3n) is 3.85. The minimum Gasteiger partial charge on any atom is -0.324 e. The molecule has 0 amide bonds. The Labute approximate surface area is 128 Å². The molecular weight excluding hydrogens is 293 g/mol. The first-order valence-corrected chi connectivity index (χ1v) is 7.47. The molecule has 0 radical (unpaired) electrons. The molecule has 0 saturated carbocycles. The van der Waals surface area contributed by atoms with Crippen molar-refractivity contribution in [3.8, 4) is 0 Å². The first kappa shape index (κ1) is 14.1. The minimum atomic E-state index is -0.0839. The predicted molar refractivity (Wildman–Crippen MR) is 84.4 cm³/mol. The second kappa shape index (κ2) is 5.15. The van der Waals surface area contributed by atoms with Crippen LogP contribution in [0.1, 0.15) is 29.8 Å². The molecular formula is C15H17Cl2N3. The molecule has 0 fully saturated rings. The van der Waals surface area contributed by atoms with Gasteiger partial charge in [-0.05, 0) is 37.2 Å². The average molecular weight is 310 g/mol. The molecule has 2 heterocycles. The van der Waals surface area contributed by atoms with Crippen LogP contribution in [0.25, 0.3) is 10.9 Å². The van der Waals surface area contributed by atoms with Gasteiger partial charge in [0.25, 0.3) is 0 Å². The third-order valence-corrected chi connectivity index (χ3v) is 4.36. The molecule has 20 heavy (non-hydrogen) atoms. The monoisotopic (exact) mass is 309 g/mol. The summed E-state index contributed by atoms with van der Waals surface area (Å²) in [5.74, 6) is 0. The Bertz CT molecular complexity index is 683. The standard InChI is InChI=1S/C15H17Cl2N3/c1-8(18)14-10-7-20(2)4-3-12(10)19-13-6-9(16)5-11(17)15(13)14/h5-6,8H,3-4,7,18H2,1-2H3. The first-order valence-electron chi connectivity index (χ1n) is 6.72. The van der Waals surface area contributed by atoms with Crippen LogP contribution in [0.5, 0.6) is 0 Å². The highest BCUT2D eigenvalue weighted by Crippen LogP contribution is 2.36. The van der Waals surface area contributed by atoms with E-state index < -0.39 is 0 Å². The molecule has 1 unspecified atom stereocenters. The van der Waals surface area contributed by atoms with E-state index in [0.717, 1.165) is 41.7 Å². The molecule has 2 aromatic rings. The molecule has 3 rings (SSSR count). The Hall–Kier alpha value is -0.870. The van der Waals surface area contributed by atoms with Gasteiger partial charge in [-0.2, -0.15) is 0 Å². The van der Waals surface area contributed by atoms with Gasteiger partial charge in [-0.1, -0.05) is 23.2 Å². The lowest BCUT2D eigenvalue weighted by Crippen LogP contribution is -2.29. The molecule has 106 valence electrons. The molecule has 5 heteroatoms. The fourth-order valence-corrected chi connectivity index (χ4v) is 3.55. The predicted octanol–water partition coefficient (Wildman–Crippen LogP) is 3.55. The van der Waals surface area contributed by atoms with E-state index in [2.05, 4.69) is 11.9 Å². The van der Waals surface area contributed by atoms with E-state index in [9.17, 15) is 0 Å². The molecule has 1 aliphatic heterocycles. The van der Waals surface area contributed by atoms with Crippen LogP contribution in [0.15, 0.2) is 12.1 Å². The summed E-state index contributed by atoms with van der Waals surface area (Å²) in [5, 5.41) is 2.18. The van der Waals surface area contributed by atoms with Gasteiger partial charge in [0.15, 0.2) is 0 Å². The van der Waals surface area contributed by atoms with Gasteiger partial charge in [-0.15, -0.1) is 0 Å². The van der Waals surface area contributed by atoms with E-state index in [-0.39, 0.29) is 6.04 Å². The zero-order valence-corrected chi connectivity index (χ0v) is 13.1. The number of nitrogens with two attached hydrogens (primary N) is 1. The highest BCUT2D eigenvalue weighted by atomic mass is 35.5. The SMILES string of the molecule is CC(N)c1c2c(nc3cc(Cl)cc(Cl)c13)CCN(C)C2. The highest BCUT2D eigenvalue weighted by Gasteiger charge is 2.23. The number of aromatic nitrogens is 1. The summed E-state index contributed by atoms with van der Waals surface area (Å²) in [4.78, 5) is 7.05. The summed E-state index contributed by atoms with van der Waals surface area (Å²) in [7, 11) is 2.11. The van der Waals surface area contributed by atoms with Crippen LogP contribution in [-0.2, 0) is 13.0 Å². The smallest absolute Gasteiger partial charge is 0.0738 e. The van der Waals surface area contributed by atoms with E-state index in [0.29, 0.717) is 10.0 Å². The number of halogens is 2. The number of rotatable bonds is 1. The summed E-state index contributed by atoms with van der Waals surface area (Å²) in [6, 6.07) is 3.55. The maximum absolute atomic E-state index is 6.40.